The number of carbonyl (C=O) groups excluding carboxylic acids is 1. The molecular formula is C15H16N2O2. The second-order valence-corrected chi connectivity index (χ2v) is 4.02. The number of hydrogen-bond donors (Lipinski definition) is 0. The first kappa shape index (κ1) is 13.1. The summed E-state index contributed by atoms with van der Waals surface area (Å²) in [7, 11) is 0. The highest BCUT2D eigenvalue weighted by atomic mass is 16.5. The third-order valence-corrected chi connectivity index (χ3v) is 2.76. The first-order valence-electron chi connectivity index (χ1n) is 6.15. The summed E-state index contributed by atoms with van der Waals surface area (Å²) in [6, 6.07) is 9.78. The lowest BCUT2D eigenvalue weighted by Gasteiger charge is -2.13. The van der Waals surface area contributed by atoms with Gasteiger partial charge < -0.3 is 4.74 Å². The quantitative estimate of drug-likeness (QED) is 0.610. The molecule has 0 saturated heterocycles. The maximum absolute atomic E-state index is 11.6. The number of hydrogen-bond acceptors (Lipinski definition) is 3. The molecule has 0 radical (unpaired) electrons. The number of carbonyl (C=O) groups is 1. The summed E-state index contributed by atoms with van der Waals surface area (Å²) in [6.07, 6.45) is 4.98. The summed E-state index contributed by atoms with van der Waals surface area (Å²) in [5, 5.41) is 4.21. The lowest BCUT2D eigenvalue weighted by Crippen LogP contribution is -2.08. The molecule has 0 aliphatic carbocycles. The molecular weight excluding hydrogens is 240 g/mol. The Bertz CT molecular complexity index is 561. The molecule has 0 aliphatic heterocycles. The van der Waals surface area contributed by atoms with E-state index >= 15 is 0 Å². The van der Waals surface area contributed by atoms with E-state index in [0.717, 1.165) is 5.56 Å². The minimum Gasteiger partial charge on any atom is -0.462 e. The van der Waals surface area contributed by atoms with Crippen LogP contribution in [-0.4, -0.2) is 22.4 Å². The van der Waals surface area contributed by atoms with Crippen LogP contribution in [0.5, 0.6) is 0 Å². The van der Waals surface area contributed by atoms with Gasteiger partial charge in [-0.3, -0.25) is 4.68 Å². The van der Waals surface area contributed by atoms with Gasteiger partial charge in [-0.1, -0.05) is 36.4 Å². The zero-order valence-corrected chi connectivity index (χ0v) is 10.8. The summed E-state index contributed by atoms with van der Waals surface area (Å²) >= 11 is 0. The second kappa shape index (κ2) is 6.00. The standard InChI is InChI=1S/C15H16N2O2/c1-3-14(12-8-6-5-7-9-12)17-11-13(10-16-17)15(18)19-4-2/h3,5-11,14H,1,4H2,2H3/t14-/m1/s1. The number of esters is 1. The van der Waals surface area contributed by atoms with Gasteiger partial charge in [-0.15, -0.1) is 6.58 Å². The van der Waals surface area contributed by atoms with Crippen LogP contribution in [0.3, 0.4) is 0 Å². The fraction of sp³-hybridized carbons (Fsp3) is 0.200. The summed E-state index contributed by atoms with van der Waals surface area (Å²) in [4.78, 5) is 11.6. The molecule has 1 atom stereocenters. The van der Waals surface area contributed by atoms with E-state index in [-0.39, 0.29) is 12.0 Å². The van der Waals surface area contributed by atoms with Gasteiger partial charge in [0, 0.05) is 6.20 Å². The van der Waals surface area contributed by atoms with Crippen molar-refractivity contribution >= 4 is 5.97 Å². The van der Waals surface area contributed by atoms with Crippen molar-refractivity contribution in [1.82, 2.24) is 9.78 Å². The van der Waals surface area contributed by atoms with Gasteiger partial charge in [-0.25, -0.2) is 4.79 Å². The number of benzene rings is 1. The zero-order valence-electron chi connectivity index (χ0n) is 10.8. The molecule has 0 amide bonds. The number of rotatable bonds is 5. The summed E-state index contributed by atoms with van der Waals surface area (Å²) in [5.41, 5.74) is 1.51. The van der Waals surface area contributed by atoms with Gasteiger partial charge in [-0.2, -0.15) is 5.10 Å². The summed E-state index contributed by atoms with van der Waals surface area (Å²) in [6.45, 7) is 5.96. The van der Waals surface area contributed by atoms with E-state index in [1.807, 2.05) is 30.3 Å². The lowest BCUT2D eigenvalue weighted by atomic mass is 10.1. The number of ether oxygens (including phenoxy) is 1. The van der Waals surface area contributed by atoms with Crippen molar-refractivity contribution in [2.75, 3.05) is 6.61 Å². The molecule has 0 unspecified atom stereocenters. The van der Waals surface area contributed by atoms with Gasteiger partial charge in [-0.05, 0) is 12.5 Å². The van der Waals surface area contributed by atoms with Crippen LogP contribution in [0.15, 0.2) is 55.4 Å². The molecule has 1 heterocycles. The average molecular weight is 256 g/mol. The number of allylic oxidation sites excluding steroid dienone is 1. The Morgan fingerprint density at radius 1 is 1.47 bits per heavy atom. The second-order valence-electron chi connectivity index (χ2n) is 4.02. The third kappa shape index (κ3) is 2.91. The molecule has 0 saturated carbocycles. The lowest BCUT2D eigenvalue weighted by molar-refractivity contribution is 0.0526. The largest absolute Gasteiger partial charge is 0.462 e. The topological polar surface area (TPSA) is 44.1 Å². The van der Waals surface area contributed by atoms with Crippen molar-refractivity contribution in [3.63, 3.8) is 0 Å². The van der Waals surface area contributed by atoms with Crippen LogP contribution in [0, 0.1) is 0 Å². The molecule has 0 bridgehead atoms. The molecule has 0 fully saturated rings. The fourth-order valence-electron chi connectivity index (χ4n) is 1.86. The highest BCUT2D eigenvalue weighted by molar-refractivity contribution is 5.88. The van der Waals surface area contributed by atoms with Crippen molar-refractivity contribution in [3.05, 3.63) is 66.5 Å². The van der Waals surface area contributed by atoms with Gasteiger partial charge in [0.1, 0.15) is 0 Å². The van der Waals surface area contributed by atoms with Gasteiger partial charge >= 0.3 is 5.97 Å². The predicted molar refractivity (Wildman–Crippen MR) is 73.0 cm³/mol. The molecule has 0 N–H and O–H groups in total. The van der Waals surface area contributed by atoms with Crippen LogP contribution in [0.25, 0.3) is 0 Å². The smallest absolute Gasteiger partial charge is 0.341 e. The molecule has 1 aromatic heterocycles. The number of aromatic nitrogens is 2. The van der Waals surface area contributed by atoms with Crippen molar-refractivity contribution in [2.24, 2.45) is 0 Å². The summed E-state index contributed by atoms with van der Waals surface area (Å²) in [5.74, 6) is -0.357. The van der Waals surface area contributed by atoms with Crippen molar-refractivity contribution in [2.45, 2.75) is 13.0 Å². The van der Waals surface area contributed by atoms with Crippen LogP contribution in [0.1, 0.15) is 28.9 Å². The molecule has 1 aromatic carbocycles. The van der Waals surface area contributed by atoms with E-state index < -0.39 is 0 Å². The van der Waals surface area contributed by atoms with E-state index in [4.69, 9.17) is 4.74 Å². The Morgan fingerprint density at radius 2 is 2.21 bits per heavy atom. The Morgan fingerprint density at radius 3 is 2.84 bits per heavy atom. The molecule has 2 rings (SSSR count). The van der Waals surface area contributed by atoms with E-state index in [0.29, 0.717) is 12.2 Å². The molecule has 19 heavy (non-hydrogen) atoms. The average Bonchev–Trinajstić information content (AvgIpc) is 2.91. The third-order valence-electron chi connectivity index (χ3n) is 2.76. The zero-order chi connectivity index (χ0) is 13.7. The minimum absolute atomic E-state index is 0.0932. The predicted octanol–water partition coefficient (Wildman–Crippen LogP) is 2.84. The van der Waals surface area contributed by atoms with Crippen molar-refractivity contribution in [1.29, 1.82) is 0 Å². The highest BCUT2D eigenvalue weighted by Crippen LogP contribution is 2.19. The normalized spacial score (nSPS) is 11.8. The van der Waals surface area contributed by atoms with Crippen LogP contribution < -0.4 is 0 Å². The monoisotopic (exact) mass is 256 g/mol. The maximum Gasteiger partial charge on any atom is 0.341 e. The van der Waals surface area contributed by atoms with Gasteiger partial charge in [0.2, 0.25) is 0 Å². The van der Waals surface area contributed by atoms with Gasteiger partial charge in [0.15, 0.2) is 0 Å². The molecule has 0 spiro atoms. The highest BCUT2D eigenvalue weighted by Gasteiger charge is 2.14. The molecule has 4 nitrogen and oxygen atoms in total. The van der Waals surface area contributed by atoms with Gasteiger partial charge in [0.25, 0.3) is 0 Å². The van der Waals surface area contributed by atoms with Crippen LogP contribution in [0.2, 0.25) is 0 Å². The Balaban J connectivity index is 2.26. The van der Waals surface area contributed by atoms with E-state index in [1.54, 1.807) is 23.9 Å². The van der Waals surface area contributed by atoms with Crippen molar-refractivity contribution < 1.29 is 9.53 Å². The fourth-order valence-corrected chi connectivity index (χ4v) is 1.86. The molecule has 98 valence electrons. The SMILES string of the molecule is C=C[C@H](c1ccccc1)n1cc(C(=O)OCC)cn1. The van der Waals surface area contributed by atoms with Gasteiger partial charge in [0.05, 0.1) is 24.4 Å². The van der Waals surface area contributed by atoms with E-state index in [1.165, 1.54) is 6.20 Å². The Labute approximate surface area is 112 Å². The minimum atomic E-state index is -0.357. The number of nitrogens with zero attached hydrogens (tertiary/aromatic N) is 2. The van der Waals surface area contributed by atoms with E-state index in [9.17, 15) is 4.79 Å². The van der Waals surface area contributed by atoms with Crippen LogP contribution in [-0.2, 0) is 4.74 Å². The van der Waals surface area contributed by atoms with Crippen LogP contribution in [0.4, 0.5) is 0 Å². The molecule has 2 aromatic rings. The van der Waals surface area contributed by atoms with E-state index in [2.05, 4.69) is 11.7 Å². The Hall–Kier alpha value is -2.36. The first-order chi connectivity index (χ1) is 9.26. The molecule has 4 heteroatoms. The summed E-state index contributed by atoms with van der Waals surface area (Å²) < 4.78 is 6.65. The first-order valence-corrected chi connectivity index (χ1v) is 6.15. The molecule has 0 aliphatic rings. The van der Waals surface area contributed by atoms with Crippen molar-refractivity contribution in [3.8, 4) is 0 Å². The maximum atomic E-state index is 11.6. The Kier molecular flexibility index (Phi) is 4.13. The van der Waals surface area contributed by atoms with Crippen LogP contribution >= 0.6 is 0 Å².